The third-order valence-corrected chi connectivity index (χ3v) is 6.44. The van der Waals surface area contributed by atoms with Crippen LogP contribution in [-0.4, -0.2) is 24.1 Å². The minimum atomic E-state index is -4.70. The number of rotatable bonds is 6. The van der Waals surface area contributed by atoms with E-state index in [4.69, 9.17) is 0 Å². The molecule has 0 spiro atoms. The summed E-state index contributed by atoms with van der Waals surface area (Å²) in [6.07, 6.45) is -4.70. The number of nitrogens with one attached hydrogen (secondary N) is 1. The van der Waals surface area contributed by atoms with Crippen LogP contribution in [-0.2, 0) is 27.4 Å². The summed E-state index contributed by atoms with van der Waals surface area (Å²) in [6, 6.07) is 12.5. The van der Waals surface area contributed by atoms with Crippen LogP contribution in [0, 0.1) is 0 Å². The Morgan fingerprint density at radius 1 is 1.03 bits per heavy atom. The van der Waals surface area contributed by atoms with E-state index in [0.717, 1.165) is 29.8 Å². The molecule has 174 valence electrons. The SMILES string of the molecule is CC(C)c1ccc(S(=O)(=O)c2ccc(=O)n(CC(=O)Nc3ccccc3C(F)(F)F)n2)cc1. The van der Waals surface area contributed by atoms with Crippen LogP contribution >= 0.6 is 0 Å². The predicted molar refractivity (Wildman–Crippen MR) is 115 cm³/mol. The van der Waals surface area contributed by atoms with Crippen molar-refractivity contribution in [2.75, 3.05) is 5.32 Å². The minimum Gasteiger partial charge on any atom is -0.324 e. The van der Waals surface area contributed by atoms with Crippen LogP contribution in [0.25, 0.3) is 0 Å². The van der Waals surface area contributed by atoms with Gasteiger partial charge in [0, 0.05) is 6.07 Å². The van der Waals surface area contributed by atoms with Crippen LogP contribution < -0.4 is 10.9 Å². The van der Waals surface area contributed by atoms with Gasteiger partial charge in [0.05, 0.1) is 16.1 Å². The van der Waals surface area contributed by atoms with Gasteiger partial charge in [0.15, 0.2) is 5.03 Å². The first-order valence-corrected chi connectivity index (χ1v) is 11.3. The predicted octanol–water partition coefficient (Wildman–Crippen LogP) is 3.86. The lowest BCUT2D eigenvalue weighted by Gasteiger charge is -2.14. The van der Waals surface area contributed by atoms with Gasteiger partial charge in [0.25, 0.3) is 5.56 Å². The van der Waals surface area contributed by atoms with Gasteiger partial charge >= 0.3 is 6.18 Å². The molecule has 0 radical (unpaired) electrons. The third-order valence-electron chi connectivity index (χ3n) is 4.77. The fraction of sp³-hybridized carbons (Fsp3) is 0.227. The largest absolute Gasteiger partial charge is 0.418 e. The lowest BCUT2D eigenvalue weighted by molar-refractivity contribution is -0.137. The summed E-state index contributed by atoms with van der Waals surface area (Å²) in [7, 11) is -4.09. The molecule has 0 atom stereocenters. The highest BCUT2D eigenvalue weighted by Gasteiger charge is 2.33. The van der Waals surface area contributed by atoms with Gasteiger partial charge in [0.2, 0.25) is 15.7 Å². The van der Waals surface area contributed by atoms with Crippen LogP contribution in [0.4, 0.5) is 18.9 Å². The summed E-state index contributed by atoms with van der Waals surface area (Å²) >= 11 is 0. The number of alkyl halides is 3. The molecule has 0 saturated heterocycles. The van der Waals surface area contributed by atoms with E-state index >= 15 is 0 Å². The van der Waals surface area contributed by atoms with E-state index in [1.54, 1.807) is 12.1 Å². The first-order chi connectivity index (χ1) is 15.4. The number of aromatic nitrogens is 2. The first-order valence-electron chi connectivity index (χ1n) is 9.79. The molecule has 1 aromatic heterocycles. The van der Waals surface area contributed by atoms with Crippen LogP contribution in [0.3, 0.4) is 0 Å². The molecule has 0 aliphatic carbocycles. The van der Waals surface area contributed by atoms with Crippen molar-refractivity contribution in [1.82, 2.24) is 9.78 Å². The molecular formula is C22H20F3N3O4S. The number of anilines is 1. The molecular weight excluding hydrogens is 459 g/mol. The van der Waals surface area contributed by atoms with E-state index in [9.17, 15) is 31.2 Å². The molecule has 3 aromatic rings. The molecule has 0 bridgehead atoms. The fourth-order valence-corrected chi connectivity index (χ4v) is 4.19. The molecule has 0 aliphatic heterocycles. The number of carbonyl (C=O) groups excluding carboxylic acids is 1. The smallest absolute Gasteiger partial charge is 0.324 e. The molecule has 0 saturated carbocycles. The van der Waals surface area contributed by atoms with Gasteiger partial charge in [-0.1, -0.05) is 38.1 Å². The summed E-state index contributed by atoms with van der Waals surface area (Å²) in [5, 5.41) is 5.39. The number of hydrogen-bond donors (Lipinski definition) is 1. The zero-order chi connectivity index (χ0) is 24.4. The average molecular weight is 479 g/mol. The molecule has 1 amide bonds. The van der Waals surface area contributed by atoms with Gasteiger partial charge in [-0.2, -0.15) is 18.3 Å². The number of hydrogen-bond acceptors (Lipinski definition) is 5. The van der Waals surface area contributed by atoms with E-state index < -0.39 is 50.3 Å². The van der Waals surface area contributed by atoms with Gasteiger partial charge in [0.1, 0.15) is 6.54 Å². The number of sulfone groups is 1. The Bertz CT molecular complexity index is 1330. The topological polar surface area (TPSA) is 98.1 Å². The number of nitrogens with zero attached hydrogens (tertiary/aromatic N) is 2. The van der Waals surface area contributed by atoms with Gasteiger partial charge in [-0.3, -0.25) is 9.59 Å². The zero-order valence-corrected chi connectivity index (χ0v) is 18.4. The Labute approximate surface area is 187 Å². The van der Waals surface area contributed by atoms with Crippen LogP contribution in [0.5, 0.6) is 0 Å². The zero-order valence-electron chi connectivity index (χ0n) is 17.6. The maximum absolute atomic E-state index is 13.1. The molecule has 3 rings (SSSR count). The van der Waals surface area contributed by atoms with E-state index in [1.807, 2.05) is 13.8 Å². The first kappa shape index (κ1) is 24.2. The van der Waals surface area contributed by atoms with Crippen molar-refractivity contribution in [3.8, 4) is 0 Å². The molecule has 0 aliphatic rings. The third kappa shape index (κ3) is 5.48. The van der Waals surface area contributed by atoms with Crippen molar-refractivity contribution in [3.05, 3.63) is 82.1 Å². The molecule has 33 heavy (non-hydrogen) atoms. The Hall–Kier alpha value is -3.47. The highest BCUT2D eigenvalue weighted by Crippen LogP contribution is 2.34. The number of amides is 1. The standard InChI is InChI=1S/C22H20F3N3O4S/c1-14(2)15-7-9-16(10-8-15)33(31,32)20-11-12-21(30)28(27-20)13-19(29)26-18-6-4-3-5-17(18)22(23,24)25/h3-12,14H,13H2,1-2H3,(H,26,29). The van der Waals surface area contributed by atoms with E-state index in [2.05, 4.69) is 10.4 Å². The highest BCUT2D eigenvalue weighted by molar-refractivity contribution is 7.91. The van der Waals surface area contributed by atoms with Crippen molar-refractivity contribution >= 4 is 21.4 Å². The van der Waals surface area contributed by atoms with Gasteiger partial charge in [-0.05, 0) is 41.8 Å². The normalized spacial score (nSPS) is 12.1. The number of benzene rings is 2. The molecule has 11 heteroatoms. The van der Waals surface area contributed by atoms with Crippen LogP contribution in [0.15, 0.2) is 75.4 Å². The monoisotopic (exact) mass is 479 g/mol. The van der Waals surface area contributed by atoms with E-state index in [-0.39, 0.29) is 10.8 Å². The number of halogens is 3. The van der Waals surface area contributed by atoms with Gasteiger partial charge < -0.3 is 5.32 Å². The Balaban J connectivity index is 1.87. The summed E-state index contributed by atoms with van der Waals surface area (Å²) in [5.74, 6) is -0.778. The van der Waals surface area contributed by atoms with E-state index in [1.165, 1.54) is 24.3 Å². The van der Waals surface area contributed by atoms with Crippen molar-refractivity contribution in [2.45, 2.75) is 42.4 Å². The Morgan fingerprint density at radius 3 is 2.27 bits per heavy atom. The second kappa shape index (κ2) is 9.18. The van der Waals surface area contributed by atoms with Crippen molar-refractivity contribution in [1.29, 1.82) is 0 Å². The summed E-state index contributed by atoms with van der Waals surface area (Å²) < 4.78 is 65.8. The fourth-order valence-electron chi connectivity index (χ4n) is 3.00. The minimum absolute atomic E-state index is 0.0480. The van der Waals surface area contributed by atoms with Crippen LogP contribution in [0.1, 0.15) is 30.9 Å². The van der Waals surface area contributed by atoms with Crippen molar-refractivity contribution in [3.63, 3.8) is 0 Å². The van der Waals surface area contributed by atoms with E-state index in [0.29, 0.717) is 4.68 Å². The Morgan fingerprint density at radius 2 is 1.67 bits per heavy atom. The maximum Gasteiger partial charge on any atom is 0.418 e. The molecule has 0 fully saturated rings. The molecule has 7 nitrogen and oxygen atoms in total. The van der Waals surface area contributed by atoms with Gasteiger partial charge in [-0.15, -0.1) is 0 Å². The Kier molecular flexibility index (Phi) is 6.73. The molecule has 0 unspecified atom stereocenters. The average Bonchev–Trinajstić information content (AvgIpc) is 2.74. The molecule has 2 aromatic carbocycles. The van der Waals surface area contributed by atoms with Crippen LogP contribution in [0.2, 0.25) is 0 Å². The van der Waals surface area contributed by atoms with Crippen molar-refractivity contribution < 1.29 is 26.4 Å². The lowest BCUT2D eigenvalue weighted by atomic mass is 10.0. The number of carbonyl (C=O) groups is 1. The lowest BCUT2D eigenvalue weighted by Crippen LogP contribution is -2.30. The molecule has 1 heterocycles. The summed E-state index contributed by atoms with van der Waals surface area (Å²) in [6.45, 7) is 3.14. The molecule has 1 N–H and O–H groups in total. The second-order valence-corrected chi connectivity index (χ2v) is 9.38. The second-order valence-electron chi connectivity index (χ2n) is 7.49. The van der Waals surface area contributed by atoms with Crippen molar-refractivity contribution in [2.24, 2.45) is 0 Å². The number of para-hydroxylation sites is 1. The quantitative estimate of drug-likeness (QED) is 0.579. The highest BCUT2D eigenvalue weighted by atomic mass is 32.2. The summed E-state index contributed by atoms with van der Waals surface area (Å²) in [4.78, 5) is 24.4. The van der Waals surface area contributed by atoms with Gasteiger partial charge in [-0.25, -0.2) is 13.1 Å². The summed E-state index contributed by atoms with van der Waals surface area (Å²) in [5.41, 5.74) is -1.40. The maximum atomic E-state index is 13.1.